The SMILES string of the molecule is C/C=C1/[C@H](O[C@@H]2O[C@H](CO)[C@@H](O)[C@H](O)[C@H]2O)OC=C(C(=O)OC)[C@H]1CC(=O)OC[C@@H]1[C@@H](C)[C@@H](OC(=O)C[C@@H]2C(C(=O)OC)=CO[C@@H](O[C@@H]3O[C@H](CO)[C@@H](O)[C@H](O)[C@H]3O)/C2=C/C)C[C@H]1[C@@H](C)COC(=O)C[C@@H]1C(C(=O)OC)=CO[C@@H](O[C@@H]2O[C@H](CO)[C@@H](O)[C@H](O)[C@H]2O)/C1=C/C. The summed E-state index contributed by atoms with van der Waals surface area (Å²) in [5, 5.41) is 124. The molecule has 0 unspecified atom stereocenters. The van der Waals surface area contributed by atoms with E-state index < -0.39 is 233 Å². The molecule has 0 aromatic carbocycles. The van der Waals surface area contributed by atoms with Gasteiger partial charge in [0.1, 0.15) is 79.4 Å². The summed E-state index contributed by atoms with van der Waals surface area (Å²) in [4.78, 5) is 82.5. The molecule has 26 atom stereocenters. The lowest BCUT2D eigenvalue weighted by atomic mass is 9.83. The summed E-state index contributed by atoms with van der Waals surface area (Å²) in [5.74, 6) is -11.5. The molecule has 94 heavy (non-hydrogen) atoms. The van der Waals surface area contributed by atoms with E-state index in [2.05, 4.69) is 0 Å². The minimum atomic E-state index is -1.86. The van der Waals surface area contributed by atoms with Gasteiger partial charge in [-0.25, -0.2) is 14.4 Å². The van der Waals surface area contributed by atoms with Gasteiger partial charge < -0.3 is 132 Å². The average Bonchev–Trinajstić information content (AvgIpc) is 0.987. The lowest BCUT2D eigenvalue weighted by molar-refractivity contribution is -0.327. The van der Waals surface area contributed by atoms with Gasteiger partial charge in [-0.1, -0.05) is 32.1 Å². The quantitative estimate of drug-likeness (QED) is 0.0253. The standard InChI is InChI=1S/C61H86O33/c1-9-26-30(34(53(77)80-6)21-85-56(26)92-59-50(74)47(71)44(68)38(16-62)89-59)13-41(65)83-19-24(4)29-12-37(88-43(67)15-32-28(11-3)58(87-23-36(32)55(79)82-8)94-61-52(76)49(73)46(70)40(18-64)91-61)25(5)33(29)20-84-42(66)14-31-27(10-2)57(86-22-35(31)54(78)81-7)93-60-51(75)48(72)45(69)39(17-63)90-60/h9-11,21-25,29-33,37-40,44-52,56-64,68-76H,12-20H2,1-8H3/b26-9+,27-10+,28-11+/t24-,25+,29-,30-,31-,32-,33+,37-,38+,39+,40+,44+,45+,46+,47-,48-,49-,50+,51+,52+,56-,57-,58-,59-,60-,61-/m0/s1. The van der Waals surface area contributed by atoms with Crippen LogP contribution in [0.15, 0.2) is 70.5 Å². The molecule has 3 saturated heterocycles. The summed E-state index contributed by atoms with van der Waals surface area (Å²) in [6.45, 7) is 5.01. The summed E-state index contributed by atoms with van der Waals surface area (Å²) >= 11 is 0. The van der Waals surface area contributed by atoms with E-state index in [1.807, 2.05) is 0 Å². The minimum Gasteiger partial charge on any atom is -0.468 e. The third-order valence-corrected chi connectivity index (χ3v) is 18.1. The minimum absolute atomic E-state index is 0.0460. The zero-order valence-corrected chi connectivity index (χ0v) is 52.8. The lowest BCUT2D eigenvalue weighted by Crippen LogP contribution is -2.60. The number of ether oxygens (including phenoxy) is 15. The van der Waals surface area contributed by atoms with Gasteiger partial charge in [0, 0.05) is 40.4 Å². The van der Waals surface area contributed by atoms with Gasteiger partial charge in [-0.3, -0.25) is 14.4 Å². The predicted molar refractivity (Wildman–Crippen MR) is 307 cm³/mol. The summed E-state index contributed by atoms with van der Waals surface area (Å²) in [5.41, 5.74) is -0.0660. The third-order valence-electron chi connectivity index (χ3n) is 18.1. The summed E-state index contributed by atoms with van der Waals surface area (Å²) in [7, 11) is 3.28. The van der Waals surface area contributed by atoms with Crippen LogP contribution in [0.25, 0.3) is 0 Å². The van der Waals surface area contributed by atoms with Crippen LogP contribution in [-0.4, -0.2) is 269 Å². The molecule has 7 rings (SSSR count). The van der Waals surface area contributed by atoms with E-state index in [4.69, 9.17) is 71.1 Å². The lowest BCUT2D eigenvalue weighted by Gasteiger charge is -2.42. The van der Waals surface area contributed by atoms with Gasteiger partial charge in [-0.05, 0) is 44.9 Å². The highest BCUT2D eigenvalue weighted by atomic mass is 16.8. The van der Waals surface area contributed by atoms with E-state index in [1.54, 1.807) is 13.8 Å². The van der Waals surface area contributed by atoms with Crippen molar-refractivity contribution in [1.82, 2.24) is 0 Å². The van der Waals surface area contributed by atoms with Gasteiger partial charge in [-0.15, -0.1) is 0 Å². The molecule has 4 fully saturated rings. The summed E-state index contributed by atoms with van der Waals surface area (Å²) in [6.07, 6.45) is -25.1. The Bertz CT molecular complexity index is 2830. The number of hydrogen-bond donors (Lipinski definition) is 12. The number of hydrogen-bond acceptors (Lipinski definition) is 33. The second-order valence-electron chi connectivity index (χ2n) is 23.5. The van der Waals surface area contributed by atoms with E-state index in [9.17, 15) is 90.0 Å². The molecule has 1 aliphatic carbocycles. The molecule has 1 saturated carbocycles. The second kappa shape index (κ2) is 33.7. The van der Waals surface area contributed by atoms with Crippen LogP contribution in [-0.2, 0) is 99.8 Å². The first kappa shape index (κ1) is 75.3. The number of carbonyl (C=O) groups is 6. The smallest absolute Gasteiger partial charge is 0.337 e. The van der Waals surface area contributed by atoms with Crippen LogP contribution in [0.3, 0.4) is 0 Å². The van der Waals surface area contributed by atoms with E-state index in [-0.39, 0.29) is 53.1 Å². The fourth-order valence-electron chi connectivity index (χ4n) is 12.6. The highest BCUT2D eigenvalue weighted by molar-refractivity contribution is 5.92. The maximum atomic E-state index is 14.4. The van der Waals surface area contributed by atoms with E-state index >= 15 is 0 Å². The van der Waals surface area contributed by atoms with Crippen molar-refractivity contribution in [2.24, 2.45) is 41.4 Å². The zero-order chi connectivity index (χ0) is 69.2. The third kappa shape index (κ3) is 16.7. The average molecular weight is 1350 g/mol. The molecule has 33 nitrogen and oxygen atoms in total. The van der Waals surface area contributed by atoms with Crippen molar-refractivity contribution in [2.75, 3.05) is 54.4 Å². The van der Waals surface area contributed by atoms with Crippen molar-refractivity contribution in [3.05, 3.63) is 70.5 Å². The number of carbonyl (C=O) groups excluding carboxylic acids is 6. The number of esters is 6. The van der Waals surface area contributed by atoms with Crippen LogP contribution >= 0.6 is 0 Å². The largest absolute Gasteiger partial charge is 0.468 e. The molecule has 0 spiro atoms. The molecule has 0 aromatic heterocycles. The summed E-state index contributed by atoms with van der Waals surface area (Å²) in [6, 6.07) is 0. The van der Waals surface area contributed by atoms with Crippen molar-refractivity contribution in [2.45, 2.75) is 177 Å². The van der Waals surface area contributed by atoms with Gasteiger partial charge in [0.15, 0.2) is 18.9 Å². The Morgan fingerprint density at radius 1 is 0.500 bits per heavy atom. The Kier molecular flexibility index (Phi) is 27.0. The van der Waals surface area contributed by atoms with E-state index in [0.717, 1.165) is 40.1 Å². The fraction of sp³-hybridized carbons (Fsp3) is 0.705. The zero-order valence-electron chi connectivity index (χ0n) is 52.8. The van der Waals surface area contributed by atoms with Crippen molar-refractivity contribution in [3.63, 3.8) is 0 Å². The molecule has 7 aliphatic rings. The first-order valence-electron chi connectivity index (χ1n) is 30.4. The van der Waals surface area contributed by atoms with E-state index in [1.165, 1.54) is 39.0 Å². The molecule has 6 aliphatic heterocycles. The Morgan fingerprint density at radius 3 is 1.15 bits per heavy atom. The van der Waals surface area contributed by atoms with Crippen molar-refractivity contribution in [1.29, 1.82) is 0 Å². The van der Waals surface area contributed by atoms with Gasteiger partial charge >= 0.3 is 35.8 Å². The topological polar surface area (TPSA) is 484 Å². The van der Waals surface area contributed by atoms with Crippen molar-refractivity contribution >= 4 is 35.8 Å². The van der Waals surface area contributed by atoms with Gasteiger partial charge in [-0.2, -0.15) is 0 Å². The van der Waals surface area contributed by atoms with Crippen LogP contribution < -0.4 is 0 Å². The summed E-state index contributed by atoms with van der Waals surface area (Å²) < 4.78 is 84.5. The molecule has 0 radical (unpaired) electrons. The molecule has 12 N–H and O–H groups in total. The number of aliphatic hydroxyl groups is 12. The number of rotatable bonds is 24. The molecular formula is C61H86O33. The van der Waals surface area contributed by atoms with Crippen LogP contribution in [0.5, 0.6) is 0 Å². The molecule has 33 heteroatoms. The first-order chi connectivity index (χ1) is 44.8. The maximum Gasteiger partial charge on any atom is 0.337 e. The highest BCUT2D eigenvalue weighted by Crippen LogP contribution is 2.46. The second-order valence-corrected chi connectivity index (χ2v) is 23.5. The van der Waals surface area contributed by atoms with Crippen LogP contribution in [0, 0.1) is 41.4 Å². The van der Waals surface area contributed by atoms with Gasteiger partial charge in [0.05, 0.1) is 109 Å². The molecule has 6 heterocycles. The molecule has 0 aromatic rings. The van der Waals surface area contributed by atoms with Crippen LogP contribution in [0.2, 0.25) is 0 Å². The number of allylic oxidation sites excluding steroid dienone is 3. The maximum absolute atomic E-state index is 14.4. The Hall–Kier alpha value is -6.06. The van der Waals surface area contributed by atoms with Crippen molar-refractivity contribution < 1.29 is 161 Å². The van der Waals surface area contributed by atoms with Crippen LogP contribution in [0.4, 0.5) is 0 Å². The molecular weight excluding hydrogens is 1260 g/mol. The monoisotopic (exact) mass is 1350 g/mol. The van der Waals surface area contributed by atoms with Gasteiger partial charge in [0.25, 0.3) is 0 Å². The molecule has 528 valence electrons. The normalized spacial score (nSPS) is 39.1. The molecule has 0 amide bonds. The first-order valence-corrected chi connectivity index (χ1v) is 30.4. The highest BCUT2D eigenvalue weighted by Gasteiger charge is 2.52. The Balaban J connectivity index is 1.11. The van der Waals surface area contributed by atoms with Gasteiger partial charge in [0.2, 0.25) is 18.9 Å². The van der Waals surface area contributed by atoms with E-state index in [0.29, 0.717) is 0 Å². The number of aliphatic hydroxyl groups excluding tert-OH is 12. The van der Waals surface area contributed by atoms with Crippen LogP contribution in [0.1, 0.15) is 60.3 Å². The Labute approximate surface area is 539 Å². The Morgan fingerprint density at radius 2 is 0.830 bits per heavy atom. The number of methoxy groups -OCH3 is 3. The van der Waals surface area contributed by atoms with Crippen molar-refractivity contribution in [3.8, 4) is 0 Å². The fourth-order valence-corrected chi connectivity index (χ4v) is 12.6. The molecule has 0 bridgehead atoms. The predicted octanol–water partition coefficient (Wildman–Crippen LogP) is -3.56.